The van der Waals surface area contributed by atoms with E-state index in [0.29, 0.717) is 43.1 Å². The molecular formula is C30H29ClFN5O3. The maximum Gasteiger partial charge on any atom is 0.415 e. The van der Waals surface area contributed by atoms with E-state index in [1.165, 1.54) is 29.2 Å². The summed E-state index contributed by atoms with van der Waals surface area (Å²) in [7, 11) is 1.59. The van der Waals surface area contributed by atoms with Crippen molar-refractivity contribution < 1.29 is 18.7 Å². The Hall–Kier alpha value is -4.00. The molecule has 1 N–H and O–H groups in total. The fourth-order valence-electron chi connectivity index (χ4n) is 5.76. The van der Waals surface area contributed by atoms with Crippen LogP contribution < -0.4 is 15.0 Å². The van der Waals surface area contributed by atoms with Crippen LogP contribution in [0.2, 0.25) is 5.02 Å². The first-order valence-corrected chi connectivity index (χ1v) is 13.5. The zero-order chi connectivity index (χ0) is 28.3. The third-order valence-corrected chi connectivity index (χ3v) is 8.23. The highest BCUT2D eigenvalue weighted by atomic mass is 35.5. The summed E-state index contributed by atoms with van der Waals surface area (Å²) in [5.74, 6) is -0.125. The Bertz CT molecular complexity index is 1400. The molecule has 0 spiro atoms. The lowest BCUT2D eigenvalue weighted by molar-refractivity contribution is -0.134. The summed E-state index contributed by atoms with van der Waals surface area (Å²) in [5.41, 5.74) is 0.182. The zero-order valence-electron chi connectivity index (χ0n) is 22.0. The third kappa shape index (κ3) is 5.37. The molecule has 206 valence electrons. The van der Waals surface area contributed by atoms with Crippen molar-refractivity contribution in [3.8, 4) is 11.8 Å². The van der Waals surface area contributed by atoms with Gasteiger partial charge in [-0.3, -0.25) is 9.69 Å². The van der Waals surface area contributed by atoms with Gasteiger partial charge in [-0.25, -0.2) is 14.2 Å². The lowest BCUT2D eigenvalue weighted by Crippen LogP contribution is -2.62. The number of benzene rings is 2. The van der Waals surface area contributed by atoms with Crippen LogP contribution in [0.4, 0.5) is 15.0 Å². The molecule has 0 aliphatic carbocycles. The van der Waals surface area contributed by atoms with Gasteiger partial charge in [0.15, 0.2) is 5.78 Å². The molecule has 2 atom stereocenters. The van der Waals surface area contributed by atoms with Crippen LogP contribution >= 0.6 is 11.6 Å². The van der Waals surface area contributed by atoms with E-state index in [4.69, 9.17) is 21.6 Å². The van der Waals surface area contributed by atoms with Crippen LogP contribution in [0.5, 0.6) is 5.75 Å². The van der Waals surface area contributed by atoms with Crippen molar-refractivity contribution in [1.29, 1.82) is 5.26 Å². The summed E-state index contributed by atoms with van der Waals surface area (Å²) < 4.78 is 19.0. The number of hydrogen-bond donors (Lipinski definition) is 1. The van der Waals surface area contributed by atoms with Crippen molar-refractivity contribution >= 4 is 29.3 Å². The first-order valence-electron chi connectivity index (χ1n) is 13.1. The van der Waals surface area contributed by atoms with Gasteiger partial charge in [-0.1, -0.05) is 23.7 Å². The van der Waals surface area contributed by atoms with Crippen LogP contribution in [0, 0.1) is 23.1 Å². The van der Waals surface area contributed by atoms with Gasteiger partial charge in [0.2, 0.25) is 0 Å². The number of amides is 1. The number of nitrogens with zero attached hydrogens (tertiary/aromatic N) is 4. The monoisotopic (exact) mass is 561 g/mol. The fourth-order valence-corrected chi connectivity index (χ4v) is 5.89. The molecule has 3 aromatic rings. The van der Waals surface area contributed by atoms with Crippen molar-refractivity contribution in [2.24, 2.45) is 5.92 Å². The predicted octanol–water partition coefficient (Wildman–Crippen LogP) is 4.79. The Balaban J connectivity index is 1.41. The number of carbonyl (C=O) groups is 2. The lowest BCUT2D eigenvalue weighted by atomic mass is 9.72. The maximum atomic E-state index is 14.5. The molecule has 0 bridgehead atoms. The zero-order valence-corrected chi connectivity index (χ0v) is 22.8. The first kappa shape index (κ1) is 27.6. The van der Waals surface area contributed by atoms with E-state index in [0.717, 1.165) is 11.4 Å². The quantitative estimate of drug-likeness (QED) is 0.462. The van der Waals surface area contributed by atoms with Gasteiger partial charge in [0.05, 0.1) is 5.56 Å². The molecule has 0 saturated carbocycles. The number of hydrogen-bond acceptors (Lipinski definition) is 7. The van der Waals surface area contributed by atoms with Crippen LogP contribution in [0.15, 0.2) is 66.9 Å². The van der Waals surface area contributed by atoms with Crippen LogP contribution in [-0.4, -0.2) is 60.5 Å². The van der Waals surface area contributed by atoms with E-state index < -0.39 is 17.4 Å². The summed E-state index contributed by atoms with van der Waals surface area (Å²) in [6.45, 7) is 2.00. The molecule has 10 heteroatoms. The van der Waals surface area contributed by atoms with Gasteiger partial charge in [-0.05, 0) is 66.9 Å². The highest BCUT2D eigenvalue weighted by Gasteiger charge is 2.56. The number of nitrogens with one attached hydrogen (secondary N) is 1. The van der Waals surface area contributed by atoms with Crippen molar-refractivity contribution in [1.82, 2.24) is 15.2 Å². The SMILES string of the molecule is CN(C(=O)Oc1ccc(F)cc1)[C@@]1(C(=O)C2CCN(c3ccc(C#N)cn3)CC2)CNC[C@@H]1c1ccc(Cl)cc1. The van der Waals surface area contributed by atoms with Crippen molar-refractivity contribution in [2.75, 3.05) is 38.1 Å². The second-order valence-corrected chi connectivity index (χ2v) is 10.6. The van der Waals surface area contributed by atoms with Crippen LogP contribution in [0.25, 0.3) is 0 Å². The van der Waals surface area contributed by atoms with Gasteiger partial charge in [0.1, 0.15) is 29.0 Å². The molecule has 5 rings (SSSR count). The molecule has 0 radical (unpaired) electrons. The highest BCUT2D eigenvalue weighted by molar-refractivity contribution is 6.30. The average molecular weight is 562 g/mol. The number of ether oxygens (including phenoxy) is 1. The van der Waals surface area contributed by atoms with Gasteiger partial charge in [0, 0.05) is 56.3 Å². The number of ketones is 1. The maximum absolute atomic E-state index is 14.5. The molecule has 3 heterocycles. The number of nitriles is 1. The summed E-state index contributed by atoms with van der Waals surface area (Å²) in [6.07, 6.45) is 2.04. The van der Waals surface area contributed by atoms with Crippen molar-refractivity contribution in [2.45, 2.75) is 24.3 Å². The van der Waals surface area contributed by atoms with Crippen molar-refractivity contribution in [3.63, 3.8) is 0 Å². The molecule has 2 saturated heterocycles. The number of carbonyl (C=O) groups excluding carboxylic acids is 2. The number of Topliss-reactive ketones (excluding diaryl/α,β-unsaturated/α-hetero) is 1. The summed E-state index contributed by atoms with van der Waals surface area (Å²) in [4.78, 5) is 35.9. The Kier molecular flexibility index (Phi) is 8.01. The summed E-state index contributed by atoms with van der Waals surface area (Å²) in [5, 5.41) is 13.0. The van der Waals surface area contributed by atoms with Gasteiger partial charge >= 0.3 is 6.09 Å². The molecule has 2 fully saturated rings. The molecule has 2 aliphatic heterocycles. The first-order chi connectivity index (χ1) is 19.3. The number of halogens is 2. The van der Waals surface area contributed by atoms with Gasteiger partial charge < -0.3 is 15.0 Å². The Morgan fingerprint density at radius 2 is 1.82 bits per heavy atom. The molecule has 2 aliphatic rings. The molecule has 40 heavy (non-hydrogen) atoms. The Morgan fingerprint density at radius 3 is 2.45 bits per heavy atom. The van der Waals surface area contributed by atoms with E-state index in [1.54, 1.807) is 31.4 Å². The normalized spacial score (nSPS) is 21.1. The second-order valence-electron chi connectivity index (χ2n) is 10.2. The predicted molar refractivity (Wildman–Crippen MR) is 149 cm³/mol. The second kappa shape index (κ2) is 11.6. The minimum Gasteiger partial charge on any atom is -0.410 e. The average Bonchev–Trinajstić information content (AvgIpc) is 3.44. The van der Waals surface area contributed by atoms with Crippen LogP contribution in [0.1, 0.15) is 29.9 Å². The van der Waals surface area contributed by atoms with Crippen LogP contribution in [0.3, 0.4) is 0 Å². The molecule has 8 nitrogen and oxygen atoms in total. The molecule has 1 aromatic heterocycles. The van der Waals surface area contributed by atoms with Crippen LogP contribution in [-0.2, 0) is 4.79 Å². The van der Waals surface area contributed by atoms with E-state index >= 15 is 0 Å². The number of rotatable bonds is 6. The highest BCUT2D eigenvalue weighted by Crippen LogP contribution is 2.41. The smallest absolute Gasteiger partial charge is 0.410 e. The molecule has 1 amide bonds. The van der Waals surface area contributed by atoms with Gasteiger partial charge in [0.25, 0.3) is 0 Å². The molecule has 0 unspecified atom stereocenters. The minimum atomic E-state index is -1.20. The topological polar surface area (TPSA) is 98.6 Å². The number of aromatic nitrogens is 1. The van der Waals surface area contributed by atoms with Crippen molar-refractivity contribution in [3.05, 3.63) is 88.8 Å². The third-order valence-electron chi connectivity index (χ3n) is 7.98. The standard InChI is InChI=1S/C30H29ClFN5O3/c1-36(29(39)40-25-9-7-24(32)8-10-25)30(19-34-18-26(30)21-3-5-23(31)6-4-21)28(38)22-12-14-37(15-13-22)27-11-2-20(16-33)17-35-27/h2-11,17,22,26,34H,12-15,18-19H2,1H3/t26-,30+/m1/s1. The number of likely N-dealkylation sites (N-methyl/N-ethyl adjacent to an activating group) is 1. The fraction of sp³-hybridized carbons (Fsp3) is 0.333. The number of anilines is 1. The molecular weight excluding hydrogens is 533 g/mol. The van der Waals surface area contributed by atoms with Gasteiger partial charge in [-0.15, -0.1) is 0 Å². The van der Waals surface area contributed by atoms with E-state index in [2.05, 4.69) is 21.3 Å². The number of pyridine rings is 1. The Labute approximate surface area is 237 Å². The Morgan fingerprint density at radius 1 is 1.12 bits per heavy atom. The van der Waals surface area contributed by atoms with E-state index in [-0.39, 0.29) is 29.9 Å². The summed E-state index contributed by atoms with van der Waals surface area (Å²) in [6, 6.07) is 18.2. The van der Waals surface area contributed by atoms with E-state index in [1.807, 2.05) is 18.2 Å². The lowest BCUT2D eigenvalue weighted by Gasteiger charge is -2.44. The van der Waals surface area contributed by atoms with Gasteiger partial charge in [-0.2, -0.15) is 5.26 Å². The largest absolute Gasteiger partial charge is 0.415 e. The molecule has 2 aromatic carbocycles. The van der Waals surface area contributed by atoms with E-state index in [9.17, 15) is 14.0 Å². The summed E-state index contributed by atoms with van der Waals surface area (Å²) >= 11 is 6.15. The minimum absolute atomic E-state index is 0.0246. The number of piperidine rings is 1.